The van der Waals surface area contributed by atoms with Crippen molar-refractivity contribution in [2.75, 3.05) is 11.9 Å². The Balaban J connectivity index is 1.58. The summed E-state index contributed by atoms with van der Waals surface area (Å²) in [5.74, 6) is -1.17. The van der Waals surface area contributed by atoms with Crippen molar-refractivity contribution in [1.29, 1.82) is 0 Å². The third-order valence-corrected chi connectivity index (χ3v) is 7.31. The first-order chi connectivity index (χ1) is 16.9. The van der Waals surface area contributed by atoms with Gasteiger partial charge in [0, 0.05) is 27.9 Å². The molecule has 0 unspecified atom stereocenters. The van der Waals surface area contributed by atoms with Crippen LogP contribution in [0.5, 0.6) is 0 Å². The van der Waals surface area contributed by atoms with Gasteiger partial charge in [0.15, 0.2) is 10.3 Å². The van der Waals surface area contributed by atoms with E-state index in [1.807, 2.05) is 7.05 Å². The molecule has 0 saturated heterocycles. The molecule has 0 radical (unpaired) electrons. The van der Waals surface area contributed by atoms with Crippen LogP contribution in [0, 0.1) is 5.82 Å². The molecule has 9 nitrogen and oxygen atoms in total. The monoisotopic (exact) mass is 530 g/mol. The summed E-state index contributed by atoms with van der Waals surface area (Å²) in [5.41, 5.74) is 0.175. The predicted octanol–water partition coefficient (Wildman–Crippen LogP) is 4.47. The Labute approximate surface area is 212 Å². The lowest BCUT2D eigenvalue weighted by atomic mass is 10.3. The van der Waals surface area contributed by atoms with Crippen molar-refractivity contribution in [1.82, 2.24) is 24.7 Å². The third kappa shape index (κ3) is 6.65. The second-order valence-corrected chi connectivity index (χ2v) is 10.2. The van der Waals surface area contributed by atoms with Gasteiger partial charge in [0.05, 0.1) is 13.0 Å². The quantitative estimate of drug-likeness (QED) is 0.313. The average molecular weight is 531 g/mol. The van der Waals surface area contributed by atoms with Crippen LogP contribution in [0.3, 0.4) is 0 Å². The van der Waals surface area contributed by atoms with Crippen molar-refractivity contribution in [3.05, 3.63) is 65.3 Å². The van der Waals surface area contributed by atoms with Crippen LogP contribution in [0.15, 0.2) is 68.9 Å². The number of ether oxygens (including phenoxy) is 1. The minimum atomic E-state index is -0.466. The first-order valence-electron chi connectivity index (χ1n) is 10.3. The molecule has 4 aromatic rings. The van der Waals surface area contributed by atoms with Gasteiger partial charge in [0.2, 0.25) is 0 Å². The van der Waals surface area contributed by atoms with Gasteiger partial charge < -0.3 is 9.30 Å². The molecule has 0 aliphatic rings. The maximum Gasteiger partial charge on any atom is 0.311 e. The summed E-state index contributed by atoms with van der Waals surface area (Å²) in [6.07, 6.45) is 3.18. The highest BCUT2D eigenvalue weighted by atomic mass is 32.2. The van der Waals surface area contributed by atoms with E-state index < -0.39 is 5.91 Å². The molecule has 0 fully saturated rings. The molecular weight excluding hydrogens is 511 g/mol. The van der Waals surface area contributed by atoms with Crippen molar-refractivity contribution in [2.45, 2.75) is 33.3 Å². The highest BCUT2D eigenvalue weighted by Gasteiger charge is 2.19. The molecule has 1 aromatic carbocycles. The minimum absolute atomic E-state index is 0.0785. The molecule has 0 aliphatic carbocycles. The highest BCUT2D eigenvalue weighted by Crippen LogP contribution is 2.33. The first-order valence-corrected chi connectivity index (χ1v) is 12.7. The molecule has 1 amide bonds. The Kier molecular flexibility index (Phi) is 8.10. The van der Waals surface area contributed by atoms with Crippen LogP contribution in [-0.4, -0.2) is 43.2 Å². The van der Waals surface area contributed by atoms with E-state index in [1.165, 1.54) is 53.2 Å². The van der Waals surface area contributed by atoms with Crippen LogP contribution < -0.4 is 5.32 Å². The summed E-state index contributed by atoms with van der Waals surface area (Å²) in [6.45, 7) is 2.03. The number of amides is 1. The summed E-state index contributed by atoms with van der Waals surface area (Å²) >= 11 is 3.74. The van der Waals surface area contributed by atoms with Crippen LogP contribution in [0.2, 0.25) is 0 Å². The molecule has 4 rings (SSSR count). The first kappa shape index (κ1) is 24.8. The van der Waals surface area contributed by atoms with Gasteiger partial charge in [-0.2, -0.15) is 0 Å². The number of aryl methyl sites for hydroxylation is 1. The zero-order chi connectivity index (χ0) is 24.8. The summed E-state index contributed by atoms with van der Waals surface area (Å²) in [5, 5.41) is 12.2. The molecule has 3 aromatic heterocycles. The van der Waals surface area contributed by atoms with Crippen molar-refractivity contribution < 1.29 is 18.7 Å². The van der Waals surface area contributed by atoms with E-state index in [0.717, 1.165) is 4.90 Å². The number of esters is 1. The Hall–Kier alpha value is -3.29. The van der Waals surface area contributed by atoms with E-state index in [4.69, 9.17) is 4.74 Å². The molecule has 0 atom stereocenters. The normalized spacial score (nSPS) is 10.8. The van der Waals surface area contributed by atoms with Crippen LogP contribution in [-0.2, 0) is 23.0 Å². The summed E-state index contributed by atoms with van der Waals surface area (Å²) in [4.78, 5) is 35.7. The Morgan fingerprint density at radius 2 is 1.97 bits per heavy atom. The SMILES string of the molecule is CCOC(=O)Cc1cnc(NC(=O)c2nc(Sc3nncn3C)ccc2Sc2ccc(F)cc2)s1. The van der Waals surface area contributed by atoms with Gasteiger partial charge in [-0.3, -0.25) is 14.9 Å². The molecule has 180 valence electrons. The van der Waals surface area contributed by atoms with Gasteiger partial charge >= 0.3 is 5.97 Å². The summed E-state index contributed by atoms with van der Waals surface area (Å²) in [6, 6.07) is 9.53. The molecule has 13 heteroatoms. The van der Waals surface area contributed by atoms with E-state index in [-0.39, 0.29) is 23.9 Å². The second-order valence-electron chi connectivity index (χ2n) is 6.95. The fourth-order valence-corrected chi connectivity index (χ4v) is 5.21. The number of nitrogens with one attached hydrogen (secondary N) is 1. The van der Waals surface area contributed by atoms with Gasteiger partial charge in [-0.15, -0.1) is 21.5 Å². The van der Waals surface area contributed by atoms with E-state index in [1.54, 1.807) is 42.1 Å². The van der Waals surface area contributed by atoms with Crippen molar-refractivity contribution >= 4 is 51.9 Å². The number of benzene rings is 1. The van der Waals surface area contributed by atoms with Gasteiger partial charge in [0.1, 0.15) is 22.9 Å². The largest absolute Gasteiger partial charge is 0.466 e. The molecule has 35 heavy (non-hydrogen) atoms. The fraction of sp³-hybridized carbons (Fsp3) is 0.182. The van der Waals surface area contributed by atoms with Crippen LogP contribution in [0.4, 0.5) is 9.52 Å². The summed E-state index contributed by atoms with van der Waals surface area (Å²) < 4.78 is 20.0. The van der Waals surface area contributed by atoms with E-state index in [0.29, 0.717) is 31.7 Å². The molecule has 1 N–H and O–H groups in total. The van der Waals surface area contributed by atoms with Gasteiger partial charge in [0.25, 0.3) is 5.91 Å². The van der Waals surface area contributed by atoms with Crippen molar-refractivity contribution in [2.24, 2.45) is 7.05 Å². The molecule has 0 bridgehead atoms. The number of thiazole rings is 1. The molecule has 3 heterocycles. The van der Waals surface area contributed by atoms with Crippen molar-refractivity contribution in [3.8, 4) is 0 Å². The lowest BCUT2D eigenvalue weighted by Gasteiger charge is -2.10. The number of nitrogens with zero attached hydrogens (tertiary/aromatic N) is 5. The number of anilines is 1. The lowest BCUT2D eigenvalue weighted by molar-refractivity contribution is -0.142. The predicted molar refractivity (Wildman–Crippen MR) is 130 cm³/mol. The van der Waals surface area contributed by atoms with E-state index in [9.17, 15) is 14.0 Å². The van der Waals surface area contributed by atoms with E-state index in [2.05, 4.69) is 25.5 Å². The zero-order valence-corrected chi connectivity index (χ0v) is 21.0. The minimum Gasteiger partial charge on any atom is -0.466 e. The van der Waals surface area contributed by atoms with Gasteiger partial charge in [-0.05, 0) is 55.1 Å². The maximum atomic E-state index is 13.3. The van der Waals surface area contributed by atoms with Crippen molar-refractivity contribution in [3.63, 3.8) is 0 Å². The highest BCUT2D eigenvalue weighted by molar-refractivity contribution is 7.99. The topological polar surface area (TPSA) is 112 Å². The zero-order valence-electron chi connectivity index (χ0n) is 18.6. The lowest BCUT2D eigenvalue weighted by Crippen LogP contribution is -2.15. The molecular formula is C22H19FN6O3S3. The average Bonchev–Trinajstić information content (AvgIpc) is 3.44. The Morgan fingerprint density at radius 1 is 1.17 bits per heavy atom. The van der Waals surface area contributed by atoms with Gasteiger partial charge in [-0.1, -0.05) is 11.8 Å². The van der Waals surface area contributed by atoms with Crippen LogP contribution in [0.1, 0.15) is 22.3 Å². The Bertz CT molecular complexity index is 1340. The van der Waals surface area contributed by atoms with Crippen LogP contribution in [0.25, 0.3) is 0 Å². The molecule has 0 saturated carbocycles. The number of carbonyl (C=O) groups is 2. The number of pyridine rings is 1. The second kappa shape index (κ2) is 11.4. The number of halogens is 1. The fourth-order valence-electron chi connectivity index (χ4n) is 2.78. The number of rotatable bonds is 9. The van der Waals surface area contributed by atoms with Gasteiger partial charge in [-0.25, -0.2) is 14.4 Å². The smallest absolute Gasteiger partial charge is 0.311 e. The third-order valence-electron chi connectivity index (χ3n) is 4.35. The summed E-state index contributed by atoms with van der Waals surface area (Å²) in [7, 11) is 1.81. The molecule has 0 aliphatic heterocycles. The Morgan fingerprint density at radius 3 is 2.69 bits per heavy atom. The number of aromatic nitrogens is 5. The molecule has 0 spiro atoms. The maximum absolute atomic E-state index is 13.3. The van der Waals surface area contributed by atoms with Crippen LogP contribution >= 0.6 is 34.9 Å². The number of carbonyl (C=O) groups excluding carboxylic acids is 2. The number of hydrogen-bond acceptors (Lipinski definition) is 10. The number of hydrogen-bond donors (Lipinski definition) is 1. The standard InChI is InChI=1S/C22H19FN6O3S3/c1-3-32-18(30)10-15-11-24-21(34-15)27-20(31)19-16(33-14-6-4-13(23)5-7-14)8-9-17(26-19)35-22-28-25-12-29(22)2/h4-9,11-12H,3,10H2,1-2H3,(H,24,27,31). The van der Waals surface area contributed by atoms with E-state index >= 15 is 0 Å².